The highest BCUT2D eigenvalue weighted by Crippen LogP contribution is 2.29. The minimum Gasteiger partial charge on any atom is -0.461 e. The number of anilines is 1. The predicted molar refractivity (Wildman–Crippen MR) is 220 cm³/mol. The van der Waals surface area contributed by atoms with Crippen LogP contribution in [0.4, 0.5) is 5.95 Å². The molecule has 17 heteroatoms. The summed E-state index contributed by atoms with van der Waals surface area (Å²) in [6.45, 7) is 7.05. The Hall–Kier alpha value is -5.03. The summed E-state index contributed by atoms with van der Waals surface area (Å²) in [6, 6.07) is 19.3. The molecule has 56 heavy (non-hydrogen) atoms. The Morgan fingerprint density at radius 2 is 1.27 bits per heavy atom. The molecule has 1 N–H and O–H groups in total. The molecule has 2 aromatic carbocycles. The number of esters is 2. The molecule has 6 aromatic rings. The second-order valence-corrected chi connectivity index (χ2v) is 14.1. The van der Waals surface area contributed by atoms with Crippen LogP contribution in [0.3, 0.4) is 0 Å². The Balaban J connectivity index is 0.000000183. The first-order valence-electron chi connectivity index (χ1n) is 17.5. The SMILES string of the molecule is C.CCOC(=O)c1nn(-c2cccc(Br)c2)c2c1CN(c1ncccn1)CC2.CCOC(=O)c1nn(-c2cccc(Br)c2)c2c1CNCC2.Clc1ncccn1. The summed E-state index contributed by atoms with van der Waals surface area (Å²) >= 11 is 12.3. The number of carbonyl (C=O) groups is 2. The number of hydrogen-bond donors (Lipinski definition) is 1. The smallest absolute Gasteiger partial charge is 0.359 e. The van der Waals surface area contributed by atoms with Crippen molar-refractivity contribution in [2.45, 2.75) is 47.2 Å². The highest BCUT2D eigenvalue weighted by Gasteiger charge is 2.30. The predicted octanol–water partition coefficient (Wildman–Crippen LogP) is 7.39. The van der Waals surface area contributed by atoms with Crippen molar-refractivity contribution in [3.05, 3.63) is 134 Å². The van der Waals surface area contributed by atoms with Crippen molar-refractivity contribution in [1.82, 2.24) is 44.8 Å². The fraction of sp³-hybridized carbons (Fsp3) is 0.282. The largest absolute Gasteiger partial charge is 0.461 e. The van der Waals surface area contributed by atoms with E-state index in [0.717, 1.165) is 68.8 Å². The van der Waals surface area contributed by atoms with Crippen molar-refractivity contribution in [2.24, 2.45) is 0 Å². The van der Waals surface area contributed by atoms with Gasteiger partial charge in [-0.3, -0.25) is 0 Å². The Morgan fingerprint density at radius 1 is 0.750 bits per heavy atom. The Kier molecular flexibility index (Phi) is 15.2. The lowest BCUT2D eigenvalue weighted by molar-refractivity contribution is 0.0508. The van der Waals surface area contributed by atoms with Crippen LogP contribution in [-0.4, -0.2) is 77.7 Å². The maximum atomic E-state index is 12.5. The minimum absolute atomic E-state index is 0. The quantitative estimate of drug-likeness (QED) is 0.126. The van der Waals surface area contributed by atoms with Crippen LogP contribution >= 0.6 is 43.5 Å². The zero-order valence-electron chi connectivity index (χ0n) is 30.0. The lowest BCUT2D eigenvalue weighted by Gasteiger charge is -2.27. The second kappa shape index (κ2) is 20.2. The number of aromatic nitrogens is 8. The molecule has 0 saturated carbocycles. The van der Waals surface area contributed by atoms with Gasteiger partial charge in [0.2, 0.25) is 11.2 Å². The Bertz CT molecular complexity index is 2240. The van der Waals surface area contributed by atoms with Gasteiger partial charge < -0.3 is 19.7 Å². The average Bonchev–Trinajstić information content (AvgIpc) is 3.79. The van der Waals surface area contributed by atoms with E-state index in [9.17, 15) is 9.59 Å². The molecule has 0 saturated heterocycles. The molecule has 0 unspecified atom stereocenters. The third kappa shape index (κ3) is 10.2. The number of benzene rings is 2. The number of nitrogens with one attached hydrogen (secondary N) is 1. The third-order valence-electron chi connectivity index (χ3n) is 8.40. The van der Waals surface area contributed by atoms with Crippen molar-refractivity contribution in [2.75, 3.05) is 31.2 Å². The fourth-order valence-corrected chi connectivity index (χ4v) is 6.93. The highest BCUT2D eigenvalue weighted by atomic mass is 79.9. The molecule has 6 heterocycles. The molecule has 0 radical (unpaired) electrons. The lowest BCUT2D eigenvalue weighted by atomic mass is 10.1. The van der Waals surface area contributed by atoms with Gasteiger partial charge in [0.25, 0.3) is 0 Å². The molecule has 8 rings (SSSR count). The van der Waals surface area contributed by atoms with Crippen molar-refractivity contribution in [3.63, 3.8) is 0 Å². The Morgan fingerprint density at radius 3 is 1.77 bits per heavy atom. The summed E-state index contributed by atoms with van der Waals surface area (Å²) in [7, 11) is 0. The first-order chi connectivity index (χ1) is 26.8. The second-order valence-electron chi connectivity index (χ2n) is 11.9. The molecule has 0 bridgehead atoms. The minimum atomic E-state index is -0.404. The standard InChI is InChI=1S/C19H18BrN5O2.C15H16BrN3O2.C4H3ClN2.CH4/c1-2-27-18(26)17-15-12-24(19-21-8-4-9-22-19)10-7-16(15)25(23-17)14-6-3-5-13(20)11-14;1-2-21-15(20)14-12-9-17-7-6-13(12)19(18-14)11-5-3-4-10(16)8-11;5-4-6-2-1-3-7-4;/h3-6,8-9,11H,2,7,10,12H2,1H3;3-5,8,17H,2,6-7,9H2,1H3;1-3H;1H4. The number of nitrogens with zero attached hydrogens (tertiary/aromatic N) is 9. The topological polar surface area (TPSA) is 155 Å². The molecule has 2 aliphatic rings. The van der Waals surface area contributed by atoms with Gasteiger partial charge in [0.15, 0.2) is 11.4 Å². The van der Waals surface area contributed by atoms with Crippen LogP contribution in [0.1, 0.15) is 64.8 Å². The van der Waals surface area contributed by atoms with Crippen LogP contribution < -0.4 is 10.2 Å². The lowest BCUT2D eigenvalue weighted by Crippen LogP contribution is -2.32. The number of ether oxygens (including phenoxy) is 2. The molecule has 292 valence electrons. The van der Waals surface area contributed by atoms with Gasteiger partial charge in [-0.1, -0.05) is 51.4 Å². The van der Waals surface area contributed by atoms with Crippen molar-refractivity contribution in [1.29, 1.82) is 0 Å². The van der Waals surface area contributed by atoms with Gasteiger partial charge in [-0.2, -0.15) is 10.2 Å². The molecule has 14 nitrogen and oxygen atoms in total. The molecule has 0 aliphatic carbocycles. The van der Waals surface area contributed by atoms with Gasteiger partial charge >= 0.3 is 11.9 Å². The number of rotatable bonds is 7. The summed E-state index contributed by atoms with van der Waals surface area (Å²) in [5.74, 6) is -0.113. The molecule has 0 fully saturated rings. The number of halogens is 3. The summed E-state index contributed by atoms with van der Waals surface area (Å²) < 4.78 is 16.0. The number of carbonyl (C=O) groups excluding carboxylic acids is 2. The fourth-order valence-electron chi connectivity index (χ4n) is 6.04. The molecule has 2 aliphatic heterocycles. The van der Waals surface area contributed by atoms with E-state index in [2.05, 4.69) is 72.2 Å². The summed E-state index contributed by atoms with van der Waals surface area (Å²) in [5.41, 5.74) is 6.52. The van der Waals surface area contributed by atoms with E-state index >= 15 is 0 Å². The summed E-state index contributed by atoms with van der Waals surface area (Å²) in [6.07, 6.45) is 8.19. The maximum absolute atomic E-state index is 12.5. The first-order valence-corrected chi connectivity index (χ1v) is 19.5. The summed E-state index contributed by atoms with van der Waals surface area (Å²) in [5, 5.41) is 12.7. The van der Waals surface area contributed by atoms with E-state index in [1.54, 1.807) is 50.8 Å². The van der Waals surface area contributed by atoms with E-state index in [-0.39, 0.29) is 13.4 Å². The molecule has 0 atom stereocenters. The zero-order chi connectivity index (χ0) is 38.7. The Labute approximate surface area is 346 Å². The van der Waals surface area contributed by atoms with Gasteiger partial charge in [0, 0.05) is 77.3 Å². The van der Waals surface area contributed by atoms with Gasteiger partial charge in [0.05, 0.1) is 42.5 Å². The average molecular weight is 909 g/mol. The molecular formula is C39H41Br2ClN10O4. The van der Waals surface area contributed by atoms with E-state index in [4.69, 9.17) is 21.1 Å². The van der Waals surface area contributed by atoms with E-state index in [0.29, 0.717) is 48.9 Å². The van der Waals surface area contributed by atoms with Gasteiger partial charge in [-0.15, -0.1) is 0 Å². The highest BCUT2D eigenvalue weighted by molar-refractivity contribution is 9.10. The van der Waals surface area contributed by atoms with Gasteiger partial charge in [-0.25, -0.2) is 38.9 Å². The molecular weight excluding hydrogens is 868 g/mol. The number of hydrogen-bond acceptors (Lipinski definition) is 12. The van der Waals surface area contributed by atoms with Crippen LogP contribution in [-0.2, 0) is 35.4 Å². The normalized spacial score (nSPS) is 12.7. The van der Waals surface area contributed by atoms with Crippen LogP contribution in [0, 0.1) is 0 Å². The van der Waals surface area contributed by atoms with E-state index < -0.39 is 5.97 Å². The molecule has 4 aromatic heterocycles. The number of fused-ring (bicyclic) bond motifs is 2. The van der Waals surface area contributed by atoms with Gasteiger partial charge in [-0.05, 0) is 74.0 Å². The van der Waals surface area contributed by atoms with Crippen LogP contribution in [0.2, 0.25) is 5.28 Å². The van der Waals surface area contributed by atoms with Crippen LogP contribution in [0.25, 0.3) is 11.4 Å². The monoisotopic (exact) mass is 906 g/mol. The van der Waals surface area contributed by atoms with Crippen molar-refractivity contribution in [3.8, 4) is 11.4 Å². The van der Waals surface area contributed by atoms with Gasteiger partial charge in [0.1, 0.15) is 0 Å². The first kappa shape index (κ1) is 42.1. The molecule has 0 amide bonds. The molecule has 0 spiro atoms. The van der Waals surface area contributed by atoms with Crippen molar-refractivity contribution < 1.29 is 19.1 Å². The van der Waals surface area contributed by atoms with E-state index in [1.807, 2.05) is 57.9 Å². The maximum Gasteiger partial charge on any atom is 0.359 e. The van der Waals surface area contributed by atoms with E-state index in [1.165, 1.54) is 0 Å². The zero-order valence-corrected chi connectivity index (χ0v) is 34.0. The summed E-state index contributed by atoms with van der Waals surface area (Å²) in [4.78, 5) is 42.6. The third-order valence-corrected chi connectivity index (χ3v) is 9.58. The van der Waals surface area contributed by atoms with Crippen LogP contribution in [0.5, 0.6) is 0 Å². The van der Waals surface area contributed by atoms with Crippen LogP contribution in [0.15, 0.2) is 94.4 Å². The van der Waals surface area contributed by atoms with Crippen molar-refractivity contribution >= 4 is 61.3 Å².